The third kappa shape index (κ3) is 2.00. The highest BCUT2D eigenvalue weighted by Gasteiger charge is 2.26. The van der Waals surface area contributed by atoms with Gasteiger partial charge in [-0.1, -0.05) is 5.92 Å². The SMILES string of the molecule is C#CC(C)(C)N1CCN(C)CC1. The second kappa shape index (κ2) is 3.47. The van der Waals surface area contributed by atoms with Gasteiger partial charge in [0.1, 0.15) is 0 Å². The zero-order chi connectivity index (χ0) is 9.19. The molecule has 1 rings (SSSR count). The van der Waals surface area contributed by atoms with Crippen molar-refractivity contribution in [3.05, 3.63) is 0 Å². The van der Waals surface area contributed by atoms with Gasteiger partial charge in [-0.3, -0.25) is 4.90 Å². The summed E-state index contributed by atoms with van der Waals surface area (Å²) in [7, 11) is 2.15. The van der Waals surface area contributed by atoms with Gasteiger partial charge < -0.3 is 4.90 Å². The Labute approximate surface area is 75.5 Å². The van der Waals surface area contributed by atoms with Crippen molar-refractivity contribution in [2.24, 2.45) is 0 Å². The van der Waals surface area contributed by atoms with E-state index in [4.69, 9.17) is 6.42 Å². The van der Waals surface area contributed by atoms with E-state index in [-0.39, 0.29) is 5.54 Å². The van der Waals surface area contributed by atoms with Crippen molar-refractivity contribution in [3.8, 4) is 12.3 Å². The first-order chi connectivity index (χ1) is 5.56. The third-order valence-corrected chi connectivity index (χ3v) is 2.65. The van der Waals surface area contributed by atoms with E-state index in [0.29, 0.717) is 0 Å². The van der Waals surface area contributed by atoms with Gasteiger partial charge in [-0.05, 0) is 20.9 Å². The van der Waals surface area contributed by atoms with E-state index >= 15 is 0 Å². The molecule has 1 aliphatic heterocycles. The molecule has 0 aliphatic carbocycles. The summed E-state index contributed by atoms with van der Waals surface area (Å²) in [4.78, 5) is 4.70. The molecule has 0 atom stereocenters. The maximum absolute atomic E-state index is 5.47. The van der Waals surface area contributed by atoms with E-state index in [0.717, 1.165) is 26.2 Å². The van der Waals surface area contributed by atoms with Gasteiger partial charge in [-0.25, -0.2) is 0 Å². The Morgan fingerprint density at radius 1 is 1.17 bits per heavy atom. The van der Waals surface area contributed by atoms with Crippen LogP contribution in [0.1, 0.15) is 13.8 Å². The predicted octanol–water partition coefficient (Wildman–Crippen LogP) is 0.646. The Hall–Kier alpha value is -0.520. The first kappa shape index (κ1) is 9.57. The zero-order valence-electron chi connectivity index (χ0n) is 8.30. The molecule has 1 fully saturated rings. The molecule has 0 amide bonds. The van der Waals surface area contributed by atoms with E-state index in [2.05, 4.69) is 36.6 Å². The van der Waals surface area contributed by atoms with Crippen LogP contribution in [-0.4, -0.2) is 48.6 Å². The fourth-order valence-corrected chi connectivity index (χ4v) is 1.46. The molecule has 2 heteroatoms. The van der Waals surface area contributed by atoms with Crippen molar-refractivity contribution in [2.75, 3.05) is 33.2 Å². The summed E-state index contributed by atoms with van der Waals surface area (Å²) in [5.41, 5.74) is -0.0682. The third-order valence-electron chi connectivity index (χ3n) is 2.65. The highest BCUT2D eigenvalue weighted by molar-refractivity contribution is 5.09. The number of piperazine rings is 1. The predicted molar refractivity (Wildman–Crippen MR) is 52.0 cm³/mol. The smallest absolute Gasteiger partial charge is 0.0767 e. The summed E-state index contributed by atoms with van der Waals surface area (Å²) in [5.74, 6) is 2.83. The van der Waals surface area contributed by atoms with Crippen molar-refractivity contribution in [1.29, 1.82) is 0 Å². The Bertz CT molecular complexity index is 183. The van der Waals surface area contributed by atoms with E-state index < -0.39 is 0 Å². The van der Waals surface area contributed by atoms with Crippen LogP contribution in [0.4, 0.5) is 0 Å². The number of likely N-dealkylation sites (N-methyl/N-ethyl adjacent to an activating group) is 1. The van der Waals surface area contributed by atoms with Gasteiger partial charge >= 0.3 is 0 Å². The van der Waals surface area contributed by atoms with Crippen molar-refractivity contribution in [3.63, 3.8) is 0 Å². The van der Waals surface area contributed by atoms with Gasteiger partial charge in [-0.15, -0.1) is 6.42 Å². The van der Waals surface area contributed by atoms with Crippen LogP contribution in [0.15, 0.2) is 0 Å². The molecule has 0 radical (unpaired) electrons. The topological polar surface area (TPSA) is 6.48 Å². The Morgan fingerprint density at radius 2 is 1.67 bits per heavy atom. The molecular weight excluding hydrogens is 148 g/mol. The van der Waals surface area contributed by atoms with Crippen LogP contribution in [-0.2, 0) is 0 Å². The second-order valence-electron chi connectivity index (χ2n) is 3.99. The minimum Gasteiger partial charge on any atom is -0.304 e. The minimum absolute atomic E-state index is 0.0682. The van der Waals surface area contributed by atoms with E-state index in [9.17, 15) is 0 Å². The molecule has 68 valence electrons. The van der Waals surface area contributed by atoms with Crippen LogP contribution in [0.25, 0.3) is 0 Å². The average Bonchev–Trinajstić information content (AvgIpc) is 2.05. The molecule has 2 nitrogen and oxygen atoms in total. The standard InChI is InChI=1S/C10H18N2/c1-5-10(2,3)12-8-6-11(4)7-9-12/h1H,6-9H2,2-4H3. The molecule has 0 bridgehead atoms. The molecule has 1 aliphatic rings. The Kier molecular flexibility index (Phi) is 2.76. The summed E-state index contributed by atoms with van der Waals surface area (Å²) >= 11 is 0. The fourth-order valence-electron chi connectivity index (χ4n) is 1.46. The first-order valence-corrected chi connectivity index (χ1v) is 4.47. The molecule has 0 spiro atoms. The number of terminal acetylenes is 1. The van der Waals surface area contributed by atoms with Gasteiger partial charge in [0.15, 0.2) is 0 Å². The summed E-state index contributed by atoms with van der Waals surface area (Å²) < 4.78 is 0. The van der Waals surface area contributed by atoms with Crippen LogP contribution in [0.5, 0.6) is 0 Å². The lowest BCUT2D eigenvalue weighted by Crippen LogP contribution is -2.53. The highest BCUT2D eigenvalue weighted by atomic mass is 15.3. The molecule has 0 aromatic heterocycles. The lowest BCUT2D eigenvalue weighted by Gasteiger charge is -2.40. The maximum Gasteiger partial charge on any atom is 0.0767 e. The zero-order valence-corrected chi connectivity index (χ0v) is 8.30. The quantitative estimate of drug-likeness (QED) is 0.528. The van der Waals surface area contributed by atoms with Gasteiger partial charge in [0.25, 0.3) is 0 Å². The maximum atomic E-state index is 5.47. The molecule has 0 N–H and O–H groups in total. The van der Waals surface area contributed by atoms with Crippen molar-refractivity contribution >= 4 is 0 Å². The summed E-state index contributed by atoms with van der Waals surface area (Å²) in [6.45, 7) is 8.66. The number of rotatable bonds is 1. The van der Waals surface area contributed by atoms with Crippen LogP contribution in [0, 0.1) is 12.3 Å². The number of nitrogens with zero attached hydrogens (tertiary/aromatic N) is 2. The van der Waals surface area contributed by atoms with E-state index in [1.807, 2.05) is 0 Å². The lowest BCUT2D eigenvalue weighted by atomic mass is 10.0. The van der Waals surface area contributed by atoms with Gasteiger partial charge in [0.2, 0.25) is 0 Å². The van der Waals surface area contributed by atoms with Gasteiger partial charge in [0.05, 0.1) is 5.54 Å². The van der Waals surface area contributed by atoms with Crippen molar-refractivity contribution in [1.82, 2.24) is 9.80 Å². The van der Waals surface area contributed by atoms with Gasteiger partial charge in [0, 0.05) is 26.2 Å². The minimum atomic E-state index is -0.0682. The van der Waals surface area contributed by atoms with Gasteiger partial charge in [-0.2, -0.15) is 0 Å². The van der Waals surface area contributed by atoms with Crippen molar-refractivity contribution < 1.29 is 0 Å². The second-order valence-corrected chi connectivity index (χ2v) is 3.99. The average molecular weight is 166 g/mol. The molecule has 0 aromatic carbocycles. The normalized spacial score (nSPS) is 22.2. The summed E-state index contributed by atoms with van der Waals surface area (Å²) in [5, 5.41) is 0. The lowest BCUT2D eigenvalue weighted by molar-refractivity contribution is 0.0947. The fraction of sp³-hybridized carbons (Fsp3) is 0.800. The van der Waals surface area contributed by atoms with Crippen LogP contribution in [0.3, 0.4) is 0 Å². The van der Waals surface area contributed by atoms with Crippen molar-refractivity contribution in [2.45, 2.75) is 19.4 Å². The largest absolute Gasteiger partial charge is 0.304 e. The summed E-state index contributed by atoms with van der Waals surface area (Å²) in [6, 6.07) is 0. The van der Waals surface area contributed by atoms with Crippen LogP contribution < -0.4 is 0 Å². The molecule has 0 unspecified atom stereocenters. The first-order valence-electron chi connectivity index (χ1n) is 4.47. The molecule has 0 aromatic rings. The summed E-state index contributed by atoms with van der Waals surface area (Å²) in [6.07, 6.45) is 5.47. The van der Waals surface area contributed by atoms with E-state index in [1.54, 1.807) is 0 Å². The Morgan fingerprint density at radius 3 is 2.08 bits per heavy atom. The van der Waals surface area contributed by atoms with Crippen LogP contribution in [0.2, 0.25) is 0 Å². The van der Waals surface area contributed by atoms with Crippen LogP contribution >= 0.6 is 0 Å². The monoisotopic (exact) mass is 166 g/mol. The molecular formula is C10H18N2. The molecule has 1 heterocycles. The Balaban J connectivity index is 2.51. The molecule has 0 saturated carbocycles. The molecule has 1 saturated heterocycles. The number of hydrogen-bond acceptors (Lipinski definition) is 2. The van der Waals surface area contributed by atoms with E-state index in [1.165, 1.54) is 0 Å². The highest BCUT2D eigenvalue weighted by Crippen LogP contribution is 2.14. The number of hydrogen-bond donors (Lipinski definition) is 0. The molecule has 12 heavy (non-hydrogen) atoms.